The molecule has 1 amide bonds. The molecule has 1 heterocycles. The average Bonchev–Trinajstić information content (AvgIpc) is 2.95. The Hall–Kier alpha value is -3.02. The molecule has 0 fully saturated rings. The Labute approximate surface area is 132 Å². The number of aromatic nitrogens is 2. The molecule has 118 valence electrons. The molecule has 0 spiro atoms. The summed E-state index contributed by atoms with van der Waals surface area (Å²) >= 11 is 0. The van der Waals surface area contributed by atoms with Crippen LogP contribution in [-0.4, -0.2) is 29.5 Å². The van der Waals surface area contributed by atoms with Crippen LogP contribution in [0.3, 0.4) is 0 Å². The summed E-state index contributed by atoms with van der Waals surface area (Å²) in [6.45, 7) is 0.476. The van der Waals surface area contributed by atoms with Gasteiger partial charge in [-0.1, -0.05) is 24.3 Å². The van der Waals surface area contributed by atoms with Crippen LogP contribution in [0.25, 0.3) is 11.0 Å². The normalized spacial score (nSPS) is 10.7. The van der Waals surface area contributed by atoms with Gasteiger partial charge in [0.15, 0.2) is 0 Å². The zero-order valence-electron chi connectivity index (χ0n) is 12.7. The van der Waals surface area contributed by atoms with Gasteiger partial charge in [0, 0.05) is 6.54 Å². The van der Waals surface area contributed by atoms with Gasteiger partial charge in [-0.2, -0.15) is 0 Å². The highest BCUT2D eigenvalue weighted by atomic mass is 16.5. The number of imidazole rings is 1. The molecular weight excluding hydrogens is 294 g/mol. The molecule has 0 saturated carbocycles. The van der Waals surface area contributed by atoms with Crippen molar-refractivity contribution in [2.75, 3.05) is 13.7 Å². The fraction of sp³-hybridized carbons (Fsp3) is 0.176. The van der Waals surface area contributed by atoms with Gasteiger partial charge in [0.05, 0.1) is 23.7 Å². The topological polar surface area (TPSA) is 87.0 Å². The highest BCUT2D eigenvalue weighted by molar-refractivity contribution is 6.04. The van der Waals surface area contributed by atoms with E-state index in [4.69, 9.17) is 4.74 Å². The van der Waals surface area contributed by atoms with Gasteiger partial charge in [0.2, 0.25) is 0 Å². The lowest BCUT2D eigenvalue weighted by Crippen LogP contribution is -2.26. The number of aromatic amines is 2. The summed E-state index contributed by atoms with van der Waals surface area (Å²) in [7, 11) is 1.63. The molecule has 2 aromatic carbocycles. The molecule has 0 aliphatic carbocycles. The predicted octanol–water partition coefficient (Wildman–Crippen LogP) is 1.84. The predicted molar refractivity (Wildman–Crippen MR) is 88.0 cm³/mol. The molecule has 0 radical (unpaired) electrons. The first-order valence-corrected chi connectivity index (χ1v) is 7.30. The molecule has 0 aliphatic rings. The van der Waals surface area contributed by atoms with Crippen LogP contribution >= 0.6 is 0 Å². The Morgan fingerprint density at radius 3 is 2.78 bits per heavy atom. The number of hydrogen-bond donors (Lipinski definition) is 3. The van der Waals surface area contributed by atoms with Gasteiger partial charge in [0.25, 0.3) is 5.91 Å². The van der Waals surface area contributed by atoms with Crippen LogP contribution in [0, 0.1) is 0 Å². The first kappa shape index (κ1) is 14.9. The van der Waals surface area contributed by atoms with E-state index >= 15 is 0 Å². The number of H-pyrrole nitrogens is 2. The smallest absolute Gasteiger partial charge is 0.323 e. The van der Waals surface area contributed by atoms with Gasteiger partial charge < -0.3 is 20.0 Å². The molecule has 6 nitrogen and oxygen atoms in total. The van der Waals surface area contributed by atoms with Crippen LogP contribution in [0.15, 0.2) is 47.3 Å². The van der Waals surface area contributed by atoms with Crippen LogP contribution in [0.1, 0.15) is 15.9 Å². The first-order valence-electron chi connectivity index (χ1n) is 7.30. The fourth-order valence-electron chi connectivity index (χ4n) is 2.56. The Morgan fingerprint density at radius 1 is 1.13 bits per heavy atom. The van der Waals surface area contributed by atoms with Crippen LogP contribution in [-0.2, 0) is 6.42 Å². The lowest BCUT2D eigenvalue weighted by atomic mass is 10.1. The van der Waals surface area contributed by atoms with Gasteiger partial charge in [-0.25, -0.2) is 4.79 Å². The van der Waals surface area contributed by atoms with E-state index in [0.717, 1.165) is 11.3 Å². The largest absolute Gasteiger partial charge is 0.496 e. The number of nitrogens with one attached hydrogen (secondary N) is 3. The summed E-state index contributed by atoms with van der Waals surface area (Å²) < 4.78 is 5.29. The van der Waals surface area contributed by atoms with Gasteiger partial charge >= 0.3 is 5.69 Å². The summed E-state index contributed by atoms with van der Waals surface area (Å²) in [6.07, 6.45) is 0.662. The van der Waals surface area contributed by atoms with Gasteiger partial charge in [-0.15, -0.1) is 0 Å². The second-order valence-corrected chi connectivity index (χ2v) is 5.13. The molecule has 1 aromatic heterocycles. The number of rotatable bonds is 5. The Morgan fingerprint density at radius 2 is 1.96 bits per heavy atom. The zero-order valence-corrected chi connectivity index (χ0v) is 12.7. The monoisotopic (exact) mass is 311 g/mol. The minimum absolute atomic E-state index is 0.222. The third kappa shape index (κ3) is 3.11. The standard InChI is InChI=1S/C17H17N3O3/c1-23-14-8-3-2-5-11(14)9-10-18-16(21)12-6-4-7-13-15(12)20-17(22)19-13/h2-8H,9-10H2,1H3,(H,18,21)(H2,19,20,22). The zero-order chi connectivity index (χ0) is 16.2. The van der Waals surface area contributed by atoms with Crippen molar-refractivity contribution in [1.29, 1.82) is 0 Å². The molecule has 0 unspecified atom stereocenters. The molecule has 0 bridgehead atoms. The van der Waals surface area contributed by atoms with Crippen molar-refractivity contribution < 1.29 is 9.53 Å². The van der Waals surface area contributed by atoms with Crippen LogP contribution in [0.2, 0.25) is 0 Å². The summed E-state index contributed by atoms with van der Waals surface area (Å²) in [4.78, 5) is 29.0. The molecule has 0 saturated heterocycles. The number of carbonyl (C=O) groups is 1. The molecule has 3 rings (SSSR count). The van der Waals surface area contributed by atoms with Crippen molar-refractivity contribution in [2.24, 2.45) is 0 Å². The lowest BCUT2D eigenvalue weighted by molar-refractivity contribution is 0.0955. The van der Waals surface area contributed by atoms with Gasteiger partial charge in [0.1, 0.15) is 5.75 Å². The van der Waals surface area contributed by atoms with E-state index in [1.807, 2.05) is 24.3 Å². The van der Waals surface area contributed by atoms with Crippen molar-refractivity contribution >= 4 is 16.9 Å². The van der Waals surface area contributed by atoms with E-state index in [0.29, 0.717) is 29.6 Å². The van der Waals surface area contributed by atoms with Crippen LogP contribution in [0.5, 0.6) is 5.75 Å². The van der Waals surface area contributed by atoms with Crippen molar-refractivity contribution in [3.8, 4) is 5.75 Å². The quantitative estimate of drug-likeness (QED) is 0.672. The first-order chi connectivity index (χ1) is 11.2. The number of amides is 1. The van der Waals surface area contributed by atoms with E-state index < -0.39 is 0 Å². The van der Waals surface area contributed by atoms with E-state index in [1.54, 1.807) is 25.3 Å². The third-order valence-electron chi connectivity index (χ3n) is 3.67. The number of benzene rings is 2. The fourth-order valence-corrected chi connectivity index (χ4v) is 2.56. The molecule has 6 heteroatoms. The molecule has 0 aliphatic heterocycles. The summed E-state index contributed by atoms with van der Waals surface area (Å²) in [5.74, 6) is 0.583. The van der Waals surface area contributed by atoms with Crippen molar-refractivity contribution in [2.45, 2.75) is 6.42 Å². The maximum Gasteiger partial charge on any atom is 0.323 e. The Balaban J connectivity index is 1.70. The number of hydrogen-bond acceptors (Lipinski definition) is 3. The third-order valence-corrected chi connectivity index (χ3v) is 3.67. The highest BCUT2D eigenvalue weighted by Crippen LogP contribution is 2.17. The number of ether oxygens (including phenoxy) is 1. The van der Waals surface area contributed by atoms with E-state index in [-0.39, 0.29) is 11.6 Å². The molecule has 3 aromatic rings. The SMILES string of the molecule is COc1ccccc1CCNC(=O)c1cccc2[nH]c(=O)[nH]c12. The molecule has 3 N–H and O–H groups in total. The van der Waals surface area contributed by atoms with Gasteiger partial charge in [-0.05, 0) is 30.2 Å². The maximum absolute atomic E-state index is 12.3. The summed E-state index contributed by atoms with van der Waals surface area (Å²) in [5, 5.41) is 2.87. The summed E-state index contributed by atoms with van der Waals surface area (Å²) in [6, 6.07) is 12.9. The molecule has 23 heavy (non-hydrogen) atoms. The maximum atomic E-state index is 12.3. The number of fused-ring (bicyclic) bond motifs is 1. The Bertz CT molecular complexity index is 895. The number of carbonyl (C=O) groups excluding carboxylic acids is 1. The Kier molecular flexibility index (Phi) is 4.14. The van der Waals surface area contributed by atoms with E-state index in [2.05, 4.69) is 15.3 Å². The van der Waals surface area contributed by atoms with Crippen molar-refractivity contribution in [3.63, 3.8) is 0 Å². The van der Waals surface area contributed by atoms with E-state index in [1.165, 1.54) is 0 Å². The van der Waals surface area contributed by atoms with Crippen molar-refractivity contribution in [3.05, 3.63) is 64.1 Å². The minimum atomic E-state index is -0.325. The van der Waals surface area contributed by atoms with Gasteiger partial charge in [-0.3, -0.25) is 4.79 Å². The van der Waals surface area contributed by atoms with Crippen LogP contribution in [0.4, 0.5) is 0 Å². The van der Waals surface area contributed by atoms with Crippen LogP contribution < -0.4 is 15.7 Å². The van der Waals surface area contributed by atoms with E-state index in [9.17, 15) is 9.59 Å². The van der Waals surface area contributed by atoms with Crippen molar-refractivity contribution in [1.82, 2.24) is 15.3 Å². The molecular formula is C17H17N3O3. The number of para-hydroxylation sites is 2. The summed E-state index contributed by atoms with van der Waals surface area (Å²) in [5.41, 5.74) is 2.29. The average molecular weight is 311 g/mol. The second kappa shape index (κ2) is 6.39. The number of methoxy groups -OCH3 is 1. The second-order valence-electron chi connectivity index (χ2n) is 5.13. The molecule has 0 atom stereocenters. The highest BCUT2D eigenvalue weighted by Gasteiger charge is 2.12. The lowest BCUT2D eigenvalue weighted by Gasteiger charge is -2.09. The minimum Gasteiger partial charge on any atom is -0.496 e.